The number of fused-ring (bicyclic) bond motifs is 10. The van der Waals surface area contributed by atoms with Crippen molar-refractivity contribution in [2.45, 2.75) is 90.0 Å². The van der Waals surface area contributed by atoms with E-state index in [0.29, 0.717) is 0 Å². The molecule has 52 heavy (non-hydrogen) atoms. The lowest BCUT2D eigenvalue weighted by atomic mass is 9.28. The first-order valence-electron chi connectivity index (χ1n) is 19.4. The van der Waals surface area contributed by atoms with Crippen LogP contribution >= 0.6 is 0 Å². The van der Waals surface area contributed by atoms with E-state index >= 15 is 0 Å². The van der Waals surface area contributed by atoms with Crippen molar-refractivity contribution in [3.8, 4) is 22.3 Å². The molecule has 0 aromatic heterocycles. The molecule has 0 nitrogen and oxygen atoms in total. The lowest BCUT2D eigenvalue weighted by molar-refractivity contribution is 1.19. The molecule has 0 saturated heterocycles. The monoisotopic (exact) mass is 670 g/mol. The molecular weight excluding hydrogens is 621 g/mol. The van der Waals surface area contributed by atoms with Gasteiger partial charge in [-0.3, -0.25) is 0 Å². The molecular formula is C49H49B3. The first-order chi connectivity index (χ1) is 24.8. The summed E-state index contributed by atoms with van der Waals surface area (Å²) < 4.78 is 0. The zero-order chi connectivity index (χ0) is 36.8. The van der Waals surface area contributed by atoms with Crippen molar-refractivity contribution in [1.82, 2.24) is 0 Å². The van der Waals surface area contributed by atoms with Crippen LogP contribution in [-0.4, -0.2) is 20.1 Å². The first kappa shape index (κ1) is 33.4. The van der Waals surface area contributed by atoms with Crippen LogP contribution < -0.4 is 49.2 Å². The fourth-order valence-electron chi connectivity index (χ4n) is 11.2. The Morgan fingerprint density at radius 2 is 0.519 bits per heavy atom. The van der Waals surface area contributed by atoms with Crippen LogP contribution in [0.15, 0.2) is 60.7 Å². The molecule has 0 bridgehead atoms. The largest absolute Gasteiger partial charge is 0.241 e. The van der Waals surface area contributed by atoms with Gasteiger partial charge >= 0.3 is 0 Å². The second kappa shape index (κ2) is 11.3. The molecule has 3 heteroatoms. The van der Waals surface area contributed by atoms with Gasteiger partial charge in [0, 0.05) is 0 Å². The number of hydrogen-bond acceptors (Lipinski definition) is 0. The van der Waals surface area contributed by atoms with E-state index in [0.717, 1.165) is 0 Å². The topological polar surface area (TPSA) is 0 Å². The minimum atomic E-state index is 0.0978. The van der Waals surface area contributed by atoms with Crippen molar-refractivity contribution in [2.75, 3.05) is 0 Å². The highest BCUT2D eigenvalue weighted by molar-refractivity contribution is 7.14. The van der Waals surface area contributed by atoms with Gasteiger partial charge in [-0.05, 0) is 162 Å². The summed E-state index contributed by atoms with van der Waals surface area (Å²) in [5.41, 5.74) is 38.0. The molecule has 0 radical (unpaired) electrons. The molecule has 0 fully saturated rings. The van der Waals surface area contributed by atoms with Crippen LogP contribution in [0.1, 0.15) is 72.3 Å². The summed E-state index contributed by atoms with van der Waals surface area (Å²) >= 11 is 0. The highest BCUT2D eigenvalue weighted by atomic mass is 14.3. The van der Waals surface area contributed by atoms with E-state index in [1.54, 1.807) is 10.9 Å². The average Bonchev–Trinajstić information content (AvgIpc) is 3.69. The maximum Gasteiger partial charge on any atom is 0.241 e. The normalized spacial score (nSPS) is 13.4. The van der Waals surface area contributed by atoms with Gasteiger partial charge in [0.05, 0.1) is 0 Å². The quantitative estimate of drug-likeness (QED) is 0.202. The molecule has 0 unspecified atom stereocenters. The van der Waals surface area contributed by atoms with Crippen LogP contribution in [0, 0.1) is 90.0 Å². The van der Waals surface area contributed by atoms with Crippen LogP contribution in [-0.2, 0) is 0 Å². The summed E-state index contributed by atoms with van der Waals surface area (Å²) in [7, 11) is 0. The van der Waals surface area contributed by atoms with E-state index in [1.807, 2.05) is 0 Å². The fourth-order valence-corrected chi connectivity index (χ4v) is 11.2. The Bertz CT molecular complexity index is 2440. The Balaban J connectivity index is 1.55. The molecule has 254 valence electrons. The van der Waals surface area contributed by atoms with E-state index in [-0.39, 0.29) is 20.1 Å². The van der Waals surface area contributed by atoms with Gasteiger partial charge in [-0.2, -0.15) is 0 Å². The van der Waals surface area contributed by atoms with Crippen molar-refractivity contribution in [1.29, 1.82) is 0 Å². The van der Waals surface area contributed by atoms with Gasteiger partial charge in [-0.15, -0.1) is 0 Å². The van der Waals surface area contributed by atoms with Crippen molar-refractivity contribution >= 4 is 69.3 Å². The standard InChI is InChI=1S/C49H49B3/c1-24-27(4)33(10)45(34(11)28(24)5)50-39-18-14-16-20-41(39)51-46-35(12)29(6)25(2)31(8)43(46)37-22-23-38-44-32(9)26(3)30(7)36(13)47(44)52(49(38)48(37)51)42-21-17-15-19-40(42)50/h14-23H,1-13H3. The van der Waals surface area contributed by atoms with Crippen molar-refractivity contribution in [3.63, 3.8) is 0 Å². The third-order valence-corrected chi connectivity index (χ3v) is 15.0. The molecule has 0 saturated carbocycles. The van der Waals surface area contributed by atoms with Gasteiger partial charge in [-0.1, -0.05) is 132 Å². The third kappa shape index (κ3) is 3.98. The molecule has 3 aliphatic rings. The lowest BCUT2D eigenvalue weighted by Gasteiger charge is -2.29. The molecule has 3 aliphatic heterocycles. The number of benzene rings is 6. The SMILES string of the molecule is Cc1c(C)c(C)c(B2c3ccccc3B3c4c(ccc5c4B(c4ccccc42)c2c(C)c(C)c(C)c(C)c2-5)-c2c(C)c(C)c(C)c(C)c23)c(C)c1C. The van der Waals surface area contributed by atoms with Crippen LogP contribution in [0.4, 0.5) is 0 Å². The van der Waals surface area contributed by atoms with E-state index < -0.39 is 0 Å². The van der Waals surface area contributed by atoms with Gasteiger partial charge < -0.3 is 0 Å². The Labute approximate surface area is 313 Å². The summed E-state index contributed by atoms with van der Waals surface area (Å²) in [4.78, 5) is 0. The lowest BCUT2D eigenvalue weighted by Crippen LogP contribution is -2.67. The Morgan fingerprint density at radius 1 is 0.250 bits per heavy atom. The first-order valence-corrected chi connectivity index (χ1v) is 19.4. The number of hydrogen-bond donors (Lipinski definition) is 0. The van der Waals surface area contributed by atoms with Gasteiger partial charge in [0.15, 0.2) is 0 Å². The van der Waals surface area contributed by atoms with E-state index in [2.05, 4.69) is 151 Å². The Morgan fingerprint density at radius 3 is 0.865 bits per heavy atom. The molecule has 0 atom stereocenters. The number of rotatable bonds is 1. The second-order valence-electron chi connectivity index (χ2n) is 16.7. The van der Waals surface area contributed by atoms with Crippen molar-refractivity contribution in [3.05, 3.63) is 133 Å². The summed E-state index contributed by atoms with van der Waals surface area (Å²) in [6.07, 6.45) is 0. The molecule has 3 heterocycles. The third-order valence-electron chi connectivity index (χ3n) is 15.0. The molecule has 0 amide bonds. The molecule has 0 aliphatic carbocycles. The molecule has 0 N–H and O–H groups in total. The van der Waals surface area contributed by atoms with Crippen LogP contribution in [0.2, 0.25) is 0 Å². The molecule has 6 aromatic carbocycles. The van der Waals surface area contributed by atoms with Crippen LogP contribution in [0.3, 0.4) is 0 Å². The zero-order valence-electron chi connectivity index (χ0n) is 33.5. The van der Waals surface area contributed by atoms with Gasteiger partial charge in [0.2, 0.25) is 20.1 Å². The highest BCUT2D eigenvalue weighted by Crippen LogP contribution is 2.37. The molecule has 9 rings (SSSR count). The Kier molecular flexibility index (Phi) is 7.22. The summed E-state index contributed by atoms with van der Waals surface area (Å²) in [5.74, 6) is 0. The predicted molar refractivity (Wildman–Crippen MR) is 232 cm³/mol. The summed E-state index contributed by atoms with van der Waals surface area (Å²) in [5, 5.41) is 0. The molecule has 6 aromatic rings. The summed E-state index contributed by atoms with van der Waals surface area (Å²) in [6, 6.07) is 24.2. The van der Waals surface area contributed by atoms with Crippen LogP contribution in [0.25, 0.3) is 22.3 Å². The van der Waals surface area contributed by atoms with Crippen LogP contribution in [0.5, 0.6) is 0 Å². The van der Waals surface area contributed by atoms with Gasteiger partial charge in [-0.25, -0.2) is 0 Å². The van der Waals surface area contributed by atoms with E-state index in [1.165, 1.54) is 133 Å². The maximum atomic E-state index is 2.51. The van der Waals surface area contributed by atoms with Crippen molar-refractivity contribution < 1.29 is 0 Å². The zero-order valence-corrected chi connectivity index (χ0v) is 33.5. The Hall–Kier alpha value is -4.49. The minimum absolute atomic E-state index is 0.0978. The fraction of sp³-hybridized carbons (Fsp3) is 0.265. The highest BCUT2D eigenvalue weighted by Gasteiger charge is 2.49. The van der Waals surface area contributed by atoms with Gasteiger partial charge in [0.25, 0.3) is 0 Å². The molecule has 0 spiro atoms. The van der Waals surface area contributed by atoms with Gasteiger partial charge in [0.1, 0.15) is 0 Å². The maximum absolute atomic E-state index is 2.51. The smallest absolute Gasteiger partial charge is 0.0733 e. The van der Waals surface area contributed by atoms with Crippen molar-refractivity contribution in [2.24, 2.45) is 0 Å². The average molecular weight is 670 g/mol. The second-order valence-corrected chi connectivity index (χ2v) is 16.7. The van der Waals surface area contributed by atoms with E-state index in [9.17, 15) is 0 Å². The van der Waals surface area contributed by atoms with E-state index in [4.69, 9.17) is 0 Å². The summed E-state index contributed by atoms with van der Waals surface area (Å²) in [6.45, 7) is 31.1. The minimum Gasteiger partial charge on any atom is -0.0733 e. The predicted octanol–water partition coefficient (Wildman–Crippen LogP) is 5.52.